The van der Waals surface area contributed by atoms with Crippen LogP contribution >= 0.6 is 0 Å². The smallest absolute Gasteiger partial charge is 0.161 e. The van der Waals surface area contributed by atoms with Crippen molar-refractivity contribution in [2.45, 2.75) is 43.4 Å². The molecule has 0 radical (unpaired) electrons. The maximum atomic E-state index is 14.2. The van der Waals surface area contributed by atoms with E-state index in [9.17, 15) is 24.8 Å². The molecule has 0 amide bonds. The number of benzene rings is 2. The fourth-order valence-corrected chi connectivity index (χ4v) is 4.55. The van der Waals surface area contributed by atoms with Crippen LogP contribution in [0.5, 0.6) is 23.0 Å². The van der Waals surface area contributed by atoms with Crippen molar-refractivity contribution in [1.82, 2.24) is 0 Å². The molecule has 5 rings (SSSR count). The summed E-state index contributed by atoms with van der Waals surface area (Å²) in [4.78, 5) is 0. The highest BCUT2D eigenvalue weighted by atomic mass is 19.1. The summed E-state index contributed by atoms with van der Waals surface area (Å²) < 4.78 is 36.8. The van der Waals surface area contributed by atoms with Crippen LogP contribution in [0.25, 0.3) is 0 Å². The van der Waals surface area contributed by atoms with E-state index < -0.39 is 37.2 Å². The minimum absolute atomic E-state index is 0.0871. The van der Waals surface area contributed by atoms with E-state index in [1.54, 1.807) is 6.07 Å². The molecule has 2 aromatic rings. The zero-order valence-electron chi connectivity index (χ0n) is 17.2. The Labute approximate surface area is 183 Å². The molecule has 0 aromatic heterocycles. The van der Waals surface area contributed by atoms with Gasteiger partial charge in [0.1, 0.15) is 49.1 Å². The Morgan fingerprint density at radius 1 is 0.969 bits per heavy atom. The number of rotatable bonds is 4. The molecule has 0 bridgehead atoms. The summed E-state index contributed by atoms with van der Waals surface area (Å²) in [5, 5.41) is 41.1. The van der Waals surface area contributed by atoms with Crippen LogP contribution in [0.15, 0.2) is 24.3 Å². The van der Waals surface area contributed by atoms with Crippen LogP contribution in [0.3, 0.4) is 0 Å². The van der Waals surface area contributed by atoms with Crippen LogP contribution < -0.4 is 14.2 Å². The normalized spacial score (nSPS) is 28.8. The monoisotopic (exact) mass is 448 g/mol. The van der Waals surface area contributed by atoms with Crippen LogP contribution in [-0.2, 0) is 17.6 Å². The van der Waals surface area contributed by atoms with E-state index in [4.69, 9.17) is 18.9 Å². The summed E-state index contributed by atoms with van der Waals surface area (Å²) in [7, 11) is 0. The highest BCUT2D eigenvalue weighted by molar-refractivity contribution is 5.58. The number of phenols is 1. The lowest BCUT2D eigenvalue weighted by molar-refractivity contribution is -0.214. The first-order valence-corrected chi connectivity index (χ1v) is 10.6. The molecule has 4 N–H and O–H groups in total. The fourth-order valence-electron chi connectivity index (χ4n) is 4.55. The second-order valence-electron chi connectivity index (χ2n) is 8.24. The van der Waals surface area contributed by atoms with Crippen LogP contribution in [0.1, 0.15) is 28.4 Å². The quantitative estimate of drug-likeness (QED) is 0.551. The number of ether oxygens (including phenoxy) is 4. The summed E-state index contributed by atoms with van der Waals surface area (Å²) in [6.45, 7) is 0.644. The lowest BCUT2D eigenvalue weighted by Gasteiger charge is -2.39. The molecule has 0 saturated carbocycles. The van der Waals surface area contributed by atoms with E-state index in [-0.39, 0.29) is 5.75 Å². The zero-order chi connectivity index (χ0) is 22.4. The van der Waals surface area contributed by atoms with E-state index in [0.29, 0.717) is 66.6 Å². The second-order valence-corrected chi connectivity index (χ2v) is 8.24. The minimum atomic E-state index is -1.92. The summed E-state index contributed by atoms with van der Waals surface area (Å²) >= 11 is 0. The van der Waals surface area contributed by atoms with Gasteiger partial charge in [-0.3, -0.25) is 0 Å². The van der Waals surface area contributed by atoms with Gasteiger partial charge in [0.25, 0.3) is 0 Å². The third kappa shape index (κ3) is 3.55. The molecule has 0 unspecified atom stereocenters. The number of halogens is 1. The number of aliphatic hydroxyl groups is 3. The van der Waals surface area contributed by atoms with Crippen molar-refractivity contribution >= 4 is 0 Å². The Balaban J connectivity index is 1.52. The van der Waals surface area contributed by atoms with Crippen molar-refractivity contribution in [3.8, 4) is 23.0 Å². The number of hydrogen-bond acceptors (Lipinski definition) is 8. The zero-order valence-corrected chi connectivity index (χ0v) is 17.2. The average molecular weight is 448 g/mol. The minimum Gasteiger partial charge on any atom is -0.507 e. The first-order valence-electron chi connectivity index (χ1n) is 10.6. The van der Waals surface area contributed by atoms with E-state index >= 15 is 0 Å². The lowest BCUT2D eigenvalue weighted by Crippen LogP contribution is -2.53. The first-order chi connectivity index (χ1) is 15.5. The van der Waals surface area contributed by atoms with Crippen molar-refractivity contribution in [3.63, 3.8) is 0 Å². The average Bonchev–Trinajstić information content (AvgIpc) is 3.30. The van der Waals surface area contributed by atoms with Crippen molar-refractivity contribution in [2.75, 3.05) is 26.4 Å². The summed E-state index contributed by atoms with van der Waals surface area (Å²) in [5.74, 6) is 1.74. The molecule has 3 aliphatic rings. The third-order valence-electron chi connectivity index (χ3n) is 6.21. The second kappa shape index (κ2) is 8.40. The van der Waals surface area contributed by atoms with Gasteiger partial charge in [-0.2, -0.15) is 0 Å². The van der Waals surface area contributed by atoms with Crippen molar-refractivity contribution < 1.29 is 43.8 Å². The molecular weight excluding hydrogens is 423 g/mol. The van der Waals surface area contributed by atoms with E-state index in [1.807, 2.05) is 18.2 Å². The van der Waals surface area contributed by atoms with Crippen molar-refractivity contribution in [2.24, 2.45) is 0 Å². The molecule has 2 aromatic carbocycles. The number of phenolic OH excluding ortho intramolecular Hbond substituents is 1. The molecular formula is C23H25FO8. The summed E-state index contributed by atoms with van der Waals surface area (Å²) in [5.41, 5.74) is 2.41. The Hall–Kier alpha value is -2.59. The first kappa shape index (κ1) is 21.3. The Bertz CT molecular complexity index is 1010. The molecule has 5 atom stereocenters. The van der Waals surface area contributed by atoms with Gasteiger partial charge in [0.15, 0.2) is 17.7 Å². The SMILES string of the molecule is OC[C@H]1O[C@@H](c2cc(Cc3ccc4c(c3)OCCO4)c(O)c3c2OCC3)[C@H](O)[C@@H](O)[C@@H]1F. The van der Waals surface area contributed by atoms with Crippen LogP contribution in [0.2, 0.25) is 0 Å². The van der Waals surface area contributed by atoms with Gasteiger partial charge < -0.3 is 39.4 Å². The highest BCUT2D eigenvalue weighted by Crippen LogP contribution is 2.46. The van der Waals surface area contributed by atoms with Gasteiger partial charge in [0.05, 0.1) is 13.2 Å². The Kier molecular flexibility index (Phi) is 5.58. The fraction of sp³-hybridized carbons (Fsp3) is 0.478. The summed E-state index contributed by atoms with van der Waals surface area (Å²) in [6, 6.07) is 7.18. The number of alkyl halides is 1. The van der Waals surface area contributed by atoms with Crippen LogP contribution in [-0.4, -0.2) is 71.3 Å². The third-order valence-corrected chi connectivity index (χ3v) is 6.21. The lowest BCUT2D eigenvalue weighted by atomic mass is 9.88. The maximum absolute atomic E-state index is 14.2. The molecule has 8 nitrogen and oxygen atoms in total. The number of aliphatic hydroxyl groups excluding tert-OH is 3. The Morgan fingerprint density at radius 2 is 1.75 bits per heavy atom. The van der Waals surface area contributed by atoms with Gasteiger partial charge in [-0.25, -0.2) is 4.39 Å². The van der Waals surface area contributed by atoms with Crippen molar-refractivity contribution in [3.05, 3.63) is 46.5 Å². The predicted molar refractivity (Wildman–Crippen MR) is 109 cm³/mol. The van der Waals surface area contributed by atoms with E-state index in [2.05, 4.69) is 0 Å². The molecule has 172 valence electrons. The van der Waals surface area contributed by atoms with Gasteiger partial charge in [0, 0.05) is 24.0 Å². The predicted octanol–water partition coefficient (Wildman–Crippen LogP) is 1.18. The largest absolute Gasteiger partial charge is 0.507 e. The van der Waals surface area contributed by atoms with Gasteiger partial charge >= 0.3 is 0 Å². The van der Waals surface area contributed by atoms with Gasteiger partial charge in [-0.1, -0.05) is 6.07 Å². The molecule has 3 heterocycles. The van der Waals surface area contributed by atoms with Gasteiger partial charge in [0.2, 0.25) is 0 Å². The standard InChI is InChI=1S/C23H25FO8/c24-18-17(10-25)32-23(21(28)20(18)27)14-9-12(19(26)13-3-4-31-22(13)14)7-11-1-2-15-16(8-11)30-6-5-29-15/h1-2,8-9,17-18,20-21,23,25-28H,3-7,10H2/t17-,18-,20+,21-,23+/m1/s1. The van der Waals surface area contributed by atoms with Crippen LogP contribution in [0, 0.1) is 0 Å². The molecule has 32 heavy (non-hydrogen) atoms. The molecule has 1 saturated heterocycles. The van der Waals surface area contributed by atoms with Crippen molar-refractivity contribution in [1.29, 1.82) is 0 Å². The summed E-state index contributed by atoms with van der Waals surface area (Å²) in [6.07, 6.45) is -6.81. The molecule has 0 spiro atoms. The van der Waals surface area contributed by atoms with Gasteiger partial charge in [-0.15, -0.1) is 0 Å². The Morgan fingerprint density at radius 3 is 2.53 bits per heavy atom. The van der Waals surface area contributed by atoms with Crippen LogP contribution in [0.4, 0.5) is 4.39 Å². The number of aromatic hydroxyl groups is 1. The van der Waals surface area contributed by atoms with E-state index in [0.717, 1.165) is 5.56 Å². The molecule has 1 fully saturated rings. The topological polar surface area (TPSA) is 118 Å². The highest BCUT2D eigenvalue weighted by Gasteiger charge is 2.46. The number of hydrogen-bond donors (Lipinski definition) is 4. The molecule has 9 heteroatoms. The maximum Gasteiger partial charge on any atom is 0.161 e. The molecule has 3 aliphatic heterocycles. The number of fused-ring (bicyclic) bond motifs is 2. The van der Waals surface area contributed by atoms with Gasteiger partial charge in [-0.05, 0) is 29.3 Å². The molecule has 0 aliphatic carbocycles. The van der Waals surface area contributed by atoms with E-state index in [1.165, 1.54) is 0 Å².